The number of allylic oxidation sites excluding steroid dienone is 1. The molecule has 0 aromatic rings. The normalized spacial score (nSPS) is 11.7. The molecule has 0 rings (SSSR count). The highest BCUT2D eigenvalue weighted by molar-refractivity contribution is 5.78. The number of hydrogen-bond acceptors (Lipinski definition) is 1. The van der Waals surface area contributed by atoms with E-state index in [-0.39, 0.29) is 18.0 Å². The maximum Gasteiger partial charge on any atom is 0.226 e. The minimum absolute atomic E-state index is 0.241. The molecule has 0 spiro atoms. The van der Waals surface area contributed by atoms with Crippen molar-refractivity contribution in [3.63, 3.8) is 0 Å². The van der Waals surface area contributed by atoms with E-state index in [1.54, 1.807) is 0 Å². The van der Waals surface area contributed by atoms with Gasteiger partial charge in [-0.15, -0.1) is 0 Å². The smallest absolute Gasteiger partial charge is 0.226 e. The highest BCUT2D eigenvalue weighted by Crippen LogP contribution is 2.08. The molecule has 0 aliphatic carbocycles. The van der Waals surface area contributed by atoms with Gasteiger partial charge in [0.05, 0.1) is 0 Å². The first kappa shape index (κ1) is 17.2. The molecule has 2 nitrogen and oxygen atoms in total. The molecule has 0 saturated carbocycles. The van der Waals surface area contributed by atoms with Crippen LogP contribution in [-0.4, -0.2) is 22.9 Å². The third kappa shape index (κ3) is 7.52. The molecule has 0 N–H and O–H groups in total. The van der Waals surface area contributed by atoms with E-state index in [0.29, 0.717) is 6.42 Å². The van der Waals surface area contributed by atoms with Gasteiger partial charge >= 0.3 is 0 Å². The Kier molecular flexibility index (Phi) is 9.72. The van der Waals surface area contributed by atoms with Gasteiger partial charge in [-0.05, 0) is 40.5 Å². The molecule has 0 bridgehead atoms. The SMILES string of the molecule is CCCCCC/C=C/CC(=O)N(C(C)C)C(C)C. The van der Waals surface area contributed by atoms with Gasteiger partial charge < -0.3 is 4.90 Å². The number of amides is 1. The van der Waals surface area contributed by atoms with Crippen LogP contribution >= 0.6 is 0 Å². The zero-order valence-corrected chi connectivity index (χ0v) is 12.9. The van der Waals surface area contributed by atoms with E-state index >= 15 is 0 Å². The van der Waals surface area contributed by atoms with Crippen LogP contribution in [0, 0.1) is 0 Å². The molecule has 2 heteroatoms. The van der Waals surface area contributed by atoms with Crippen LogP contribution in [0.15, 0.2) is 12.2 Å². The van der Waals surface area contributed by atoms with Gasteiger partial charge in [0, 0.05) is 18.5 Å². The van der Waals surface area contributed by atoms with Gasteiger partial charge in [-0.25, -0.2) is 0 Å². The minimum atomic E-state index is 0.241. The summed E-state index contributed by atoms with van der Waals surface area (Å²) in [6.07, 6.45) is 11.0. The number of unbranched alkanes of at least 4 members (excludes halogenated alkanes) is 4. The van der Waals surface area contributed by atoms with Crippen molar-refractivity contribution in [2.45, 2.75) is 85.2 Å². The molecule has 0 aliphatic rings. The minimum Gasteiger partial charge on any atom is -0.338 e. The van der Waals surface area contributed by atoms with Crippen molar-refractivity contribution in [1.29, 1.82) is 0 Å². The maximum atomic E-state index is 12.0. The fourth-order valence-electron chi connectivity index (χ4n) is 2.27. The first-order valence-electron chi connectivity index (χ1n) is 7.46. The van der Waals surface area contributed by atoms with Gasteiger partial charge in [-0.1, -0.05) is 38.3 Å². The Morgan fingerprint density at radius 3 is 2.11 bits per heavy atom. The topological polar surface area (TPSA) is 20.3 Å². The average molecular weight is 253 g/mol. The van der Waals surface area contributed by atoms with Crippen LogP contribution in [0.5, 0.6) is 0 Å². The number of rotatable bonds is 9. The van der Waals surface area contributed by atoms with Crippen molar-refractivity contribution in [3.05, 3.63) is 12.2 Å². The second kappa shape index (κ2) is 10.2. The largest absolute Gasteiger partial charge is 0.338 e. The summed E-state index contributed by atoms with van der Waals surface area (Å²) in [4.78, 5) is 14.0. The van der Waals surface area contributed by atoms with Crippen LogP contribution in [-0.2, 0) is 4.79 Å². The van der Waals surface area contributed by atoms with Gasteiger partial charge in [0.2, 0.25) is 5.91 Å². The van der Waals surface area contributed by atoms with E-state index in [4.69, 9.17) is 0 Å². The number of carbonyl (C=O) groups is 1. The summed E-state index contributed by atoms with van der Waals surface area (Å²) in [7, 11) is 0. The quantitative estimate of drug-likeness (QED) is 0.436. The lowest BCUT2D eigenvalue weighted by atomic mass is 10.1. The molecule has 0 atom stereocenters. The van der Waals surface area contributed by atoms with Gasteiger partial charge in [0.1, 0.15) is 0 Å². The molecule has 106 valence electrons. The fraction of sp³-hybridized carbons (Fsp3) is 0.812. The van der Waals surface area contributed by atoms with E-state index < -0.39 is 0 Å². The van der Waals surface area contributed by atoms with Gasteiger partial charge in [0.25, 0.3) is 0 Å². The summed E-state index contributed by atoms with van der Waals surface area (Å²) >= 11 is 0. The molecule has 0 unspecified atom stereocenters. The van der Waals surface area contributed by atoms with Crippen molar-refractivity contribution >= 4 is 5.91 Å². The molecular formula is C16H31NO. The number of nitrogens with zero attached hydrogens (tertiary/aromatic N) is 1. The van der Waals surface area contributed by atoms with E-state index in [0.717, 1.165) is 6.42 Å². The van der Waals surface area contributed by atoms with E-state index in [2.05, 4.69) is 40.7 Å². The molecule has 0 aromatic carbocycles. The van der Waals surface area contributed by atoms with Crippen LogP contribution in [0.3, 0.4) is 0 Å². The van der Waals surface area contributed by atoms with Crippen LogP contribution in [0.25, 0.3) is 0 Å². The molecular weight excluding hydrogens is 222 g/mol. The summed E-state index contributed by atoms with van der Waals surface area (Å²) in [5.41, 5.74) is 0. The monoisotopic (exact) mass is 253 g/mol. The first-order chi connectivity index (χ1) is 8.50. The summed E-state index contributed by atoms with van der Waals surface area (Å²) in [6, 6.07) is 0.575. The van der Waals surface area contributed by atoms with Crippen LogP contribution < -0.4 is 0 Å². The third-order valence-corrected chi connectivity index (χ3v) is 3.08. The fourth-order valence-corrected chi connectivity index (χ4v) is 2.27. The first-order valence-corrected chi connectivity index (χ1v) is 7.46. The maximum absolute atomic E-state index is 12.0. The highest BCUT2D eigenvalue weighted by atomic mass is 16.2. The van der Waals surface area contributed by atoms with Crippen LogP contribution in [0.4, 0.5) is 0 Å². The predicted octanol–water partition coefficient (Wildman–Crippen LogP) is 4.55. The summed E-state index contributed by atoms with van der Waals surface area (Å²) in [5.74, 6) is 0.241. The molecule has 0 aromatic heterocycles. The molecule has 1 amide bonds. The van der Waals surface area contributed by atoms with Crippen LogP contribution in [0.1, 0.15) is 73.1 Å². The lowest BCUT2D eigenvalue weighted by molar-refractivity contribution is -0.133. The van der Waals surface area contributed by atoms with E-state index in [1.165, 1.54) is 25.7 Å². The zero-order valence-electron chi connectivity index (χ0n) is 12.9. The van der Waals surface area contributed by atoms with E-state index in [1.807, 2.05) is 11.0 Å². The Morgan fingerprint density at radius 2 is 1.61 bits per heavy atom. The van der Waals surface area contributed by atoms with Gasteiger partial charge in [-0.2, -0.15) is 0 Å². The second-order valence-corrected chi connectivity index (χ2v) is 5.51. The van der Waals surface area contributed by atoms with Crippen molar-refractivity contribution < 1.29 is 4.79 Å². The lowest BCUT2D eigenvalue weighted by Gasteiger charge is -2.30. The second-order valence-electron chi connectivity index (χ2n) is 5.51. The van der Waals surface area contributed by atoms with Crippen molar-refractivity contribution in [2.24, 2.45) is 0 Å². The van der Waals surface area contributed by atoms with E-state index in [9.17, 15) is 4.79 Å². The Morgan fingerprint density at radius 1 is 1.00 bits per heavy atom. The Labute approximate surface area is 113 Å². The molecule has 0 radical (unpaired) electrons. The molecule has 18 heavy (non-hydrogen) atoms. The standard InChI is InChI=1S/C16H31NO/c1-6-7-8-9-10-11-12-13-16(18)17(14(2)3)15(4)5/h11-12,14-15H,6-10,13H2,1-5H3/b12-11+. The average Bonchev–Trinajstić information content (AvgIpc) is 2.26. The van der Waals surface area contributed by atoms with Crippen molar-refractivity contribution in [3.8, 4) is 0 Å². The Bertz CT molecular complexity index is 235. The third-order valence-electron chi connectivity index (χ3n) is 3.08. The van der Waals surface area contributed by atoms with Crippen LogP contribution in [0.2, 0.25) is 0 Å². The van der Waals surface area contributed by atoms with Crippen molar-refractivity contribution in [1.82, 2.24) is 4.90 Å². The number of carbonyl (C=O) groups excluding carboxylic acids is 1. The Hall–Kier alpha value is -0.790. The summed E-state index contributed by atoms with van der Waals surface area (Å²) in [5, 5.41) is 0. The van der Waals surface area contributed by atoms with Gasteiger partial charge in [-0.3, -0.25) is 4.79 Å². The molecule has 0 aliphatic heterocycles. The zero-order chi connectivity index (χ0) is 14.0. The highest BCUT2D eigenvalue weighted by Gasteiger charge is 2.18. The lowest BCUT2D eigenvalue weighted by Crippen LogP contribution is -2.41. The Balaban J connectivity index is 3.90. The predicted molar refractivity (Wildman–Crippen MR) is 79.6 cm³/mol. The molecule has 0 fully saturated rings. The summed E-state index contributed by atoms with van der Waals surface area (Å²) in [6.45, 7) is 10.5. The molecule has 0 heterocycles. The summed E-state index contributed by atoms with van der Waals surface area (Å²) < 4.78 is 0. The van der Waals surface area contributed by atoms with Crippen molar-refractivity contribution in [2.75, 3.05) is 0 Å². The number of hydrogen-bond donors (Lipinski definition) is 0. The molecule has 0 saturated heterocycles. The van der Waals surface area contributed by atoms with Gasteiger partial charge in [0.15, 0.2) is 0 Å².